The highest BCUT2D eigenvalue weighted by Crippen LogP contribution is 2.29. The number of methoxy groups -OCH3 is 1. The largest absolute Gasteiger partial charge is 0.496 e. The van der Waals surface area contributed by atoms with Crippen molar-refractivity contribution in [2.75, 3.05) is 20.7 Å². The third-order valence-corrected chi connectivity index (χ3v) is 2.89. The number of nitrogens with zero attached hydrogens (tertiary/aromatic N) is 4. The molecule has 1 atom stereocenters. The molecule has 6 nitrogen and oxygen atoms in total. The van der Waals surface area contributed by atoms with E-state index in [4.69, 9.17) is 4.74 Å². The van der Waals surface area contributed by atoms with Crippen molar-refractivity contribution in [3.63, 3.8) is 0 Å². The Morgan fingerprint density at radius 3 is 2.78 bits per heavy atom. The van der Waals surface area contributed by atoms with Crippen molar-refractivity contribution in [3.05, 3.63) is 35.7 Å². The number of rotatable bonds is 5. The van der Waals surface area contributed by atoms with Crippen molar-refractivity contribution in [2.24, 2.45) is 7.05 Å². The molecule has 0 bridgehead atoms. The molecule has 0 aliphatic carbocycles. The molecule has 0 saturated carbocycles. The van der Waals surface area contributed by atoms with Crippen LogP contribution in [0.3, 0.4) is 0 Å². The molecule has 0 amide bonds. The van der Waals surface area contributed by atoms with Crippen LogP contribution in [0.2, 0.25) is 0 Å². The highest BCUT2D eigenvalue weighted by Gasteiger charge is 2.22. The van der Waals surface area contributed by atoms with E-state index in [2.05, 4.69) is 20.8 Å². The van der Waals surface area contributed by atoms with Crippen molar-refractivity contribution in [3.8, 4) is 5.75 Å². The van der Waals surface area contributed by atoms with E-state index in [9.17, 15) is 0 Å². The van der Waals surface area contributed by atoms with Gasteiger partial charge in [0.05, 0.1) is 13.0 Å². The van der Waals surface area contributed by atoms with Gasteiger partial charge in [0, 0.05) is 19.2 Å². The predicted molar refractivity (Wildman–Crippen MR) is 67.6 cm³/mol. The van der Waals surface area contributed by atoms with E-state index >= 15 is 0 Å². The van der Waals surface area contributed by atoms with Crippen LogP contribution in [0.1, 0.15) is 17.3 Å². The first-order chi connectivity index (χ1) is 8.77. The average Bonchev–Trinajstić information content (AvgIpc) is 2.82. The SMILES string of the molecule is CNCC(c1ccccc1OC)c1nnnn1C. The summed E-state index contributed by atoms with van der Waals surface area (Å²) in [7, 11) is 5.42. The van der Waals surface area contributed by atoms with Gasteiger partial charge in [0.1, 0.15) is 5.75 Å². The molecule has 1 unspecified atom stereocenters. The average molecular weight is 247 g/mol. The van der Waals surface area contributed by atoms with E-state index in [-0.39, 0.29) is 5.92 Å². The van der Waals surface area contributed by atoms with Gasteiger partial charge >= 0.3 is 0 Å². The lowest BCUT2D eigenvalue weighted by atomic mass is 9.97. The normalized spacial score (nSPS) is 12.4. The summed E-state index contributed by atoms with van der Waals surface area (Å²) in [6.07, 6.45) is 0. The zero-order valence-corrected chi connectivity index (χ0v) is 10.8. The van der Waals surface area contributed by atoms with Gasteiger partial charge in [-0.15, -0.1) is 5.10 Å². The van der Waals surface area contributed by atoms with E-state index in [1.54, 1.807) is 11.8 Å². The molecule has 96 valence electrons. The molecule has 0 fully saturated rings. The summed E-state index contributed by atoms with van der Waals surface area (Å²) >= 11 is 0. The minimum Gasteiger partial charge on any atom is -0.496 e. The Labute approximate surface area is 106 Å². The fourth-order valence-electron chi connectivity index (χ4n) is 2.03. The van der Waals surface area contributed by atoms with E-state index in [1.807, 2.05) is 38.4 Å². The molecule has 1 aromatic carbocycles. The minimum absolute atomic E-state index is 0.0612. The monoisotopic (exact) mass is 247 g/mol. The van der Waals surface area contributed by atoms with Crippen LogP contribution in [-0.2, 0) is 7.05 Å². The molecular formula is C12H17N5O. The Kier molecular flexibility index (Phi) is 3.88. The number of tetrazole rings is 1. The zero-order valence-electron chi connectivity index (χ0n) is 10.8. The van der Waals surface area contributed by atoms with Crippen molar-refractivity contribution >= 4 is 0 Å². The first kappa shape index (κ1) is 12.5. The van der Waals surface area contributed by atoms with E-state index in [0.29, 0.717) is 0 Å². The number of ether oxygens (including phenoxy) is 1. The van der Waals surface area contributed by atoms with Crippen LogP contribution in [0.25, 0.3) is 0 Å². The highest BCUT2D eigenvalue weighted by molar-refractivity contribution is 5.39. The summed E-state index contributed by atoms with van der Waals surface area (Å²) in [5.41, 5.74) is 1.08. The van der Waals surface area contributed by atoms with Crippen LogP contribution in [0.5, 0.6) is 5.75 Å². The quantitative estimate of drug-likeness (QED) is 0.836. The Morgan fingerprint density at radius 1 is 1.39 bits per heavy atom. The Bertz CT molecular complexity index is 511. The van der Waals surface area contributed by atoms with Crippen LogP contribution in [-0.4, -0.2) is 40.9 Å². The second kappa shape index (κ2) is 5.59. The third kappa shape index (κ3) is 2.33. The summed E-state index contributed by atoms with van der Waals surface area (Å²) in [5, 5.41) is 14.8. The second-order valence-electron chi connectivity index (χ2n) is 4.01. The van der Waals surface area contributed by atoms with Crippen LogP contribution in [0.15, 0.2) is 24.3 Å². The Balaban J connectivity index is 2.45. The molecule has 0 aliphatic rings. The molecule has 0 radical (unpaired) electrons. The molecule has 18 heavy (non-hydrogen) atoms. The molecule has 0 aliphatic heterocycles. The second-order valence-corrected chi connectivity index (χ2v) is 4.01. The molecule has 2 rings (SSSR count). The van der Waals surface area contributed by atoms with Gasteiger partial charge in [0.2, 0.25) is 0 Å². The van der Waals surface area contributed by atoms with Gasteiger partial charge in [0.15, 0.2) is 5.82 Å². The Hall–Kier alpha value is -1.95. The lowest BCUT2D eigenvalue weighted by molar-refractivity contribution is 0.405. The first-order valence-electron chi connectivity index (χ1n) is 5.77. The highest BCUT2D eigenvalue weighted by atomic mass is 16.5. The van der Waals surface area contributed by atoms with Gasteiger partial charge in [-0.3, -0.25) is 0 Å². The number of benzene rings is 1. The van der Waals surface area contributed by atoms with Crippen LogP contribution < -0.4 is 10.1 Å². The van der Waals surface area contributed by atoms with Crippen molar-refractivity contribution in [1.82, 2.24) is 25.5 Å². The van der Waals surface area contributed by atoms with Gasteiger partial charge < -0.3 is 10.1 Å². The van der Waals surface area contributed by atoms with Crippen molar-refractivity contribution < 1.29 is 4.74 Å². The molecule has 1 heterocycles. The number of likely N-dealkylation sites (N-methyl/N-ethyl adjacent to an activating group) is 1. The lowest BCUT2D eigenvalue weighted by Crippen LogP contribution is -2.21. The number of nitrogens with one attached hydrogen (secondary N) is 1. The smallest absolute Gasteiger partial charge is 0.159 e. The zero-order chi connectivity index (χ0) is 13.0. The first-order valence-corrected chi connectivity index (χ1v) is 5.77. The maximum atomic E-state index is 5.40. The number of hydrogen-bond acceptors (Lipinski definition) is 5. The molecule has 6 heteroatoms. The van der Waals surface area contributed by atoms with Gasteiger partial charge in [-0.05, 0) is 23.5 Å². The molecule has 1 aromatic heterocycles. The molecular weight excluding hydrogens is 230 g/mol. The van der Waals surface area contributed by atoms with E-state index in [0.717, 1.165) is 23.7 Å². The van der Waals surface area contributed by atoms with Crippen molar-refractivity contribution in [1.29, 1.82) is 0 Å². The predicted octanol–water partition coefficient (Wildman–Crippen LogP) is 0.570. The topological polar surface area (TPSA) is 64.9 Å². The van der Waals surface area contributed by atoms with Gasteiger partial charge in [-0.2, -0.15) is 0 Å². The fraction of sp³-hybridized carbons (Fsp3) is 0.417. The summed E-state index contributed by atoms with van der Waals surface area (Å²) in [6, 6.07) is 7.93. The minimum atomic E-state index is 0.0612. The third-order valence-electron chi connectivity index (χ3n) is 2.89. The summed E-state index contributed by atoms with van der Waals surface area (Å²) in [4.78, 5) is 0. The molecule has 2 aromatic rings. The number of aryl methyl sites for hydroxylation is 1. The van der Waals surface area contributed by atoms with Crippen LogP contribution in [0, 0.1) is 0 Å². The number of aromatic nitrogens is 4. The van der Waals surface area contributed by atoms with Crippen molar-refractivity contribution in [2.45, 2.75) is 5.92 Å². The van der Waals surface area contributed by atoms with E-state index in [1.165, 1.54) is 0 Å². The van der Waals surface area contributed by atoms with E-state index < -0.39 is 0 Å². The van der Waals surface area contributed by atoms with Crippen LogP contribution >= 0.6 is 0 Å². The van der Waals surface area contributed by atoms with Gasteiger partial charge in [-0.25, -0.2) is 4.68 Å². The lowest BCUT2D eigenvalue weighted by Gasteiger charge is -2.18. The number of para-hydroxylation sites is 1. The fourth-order valence-corrected chi connectivity index (χ4v) is 2.03. The summed E-state index contributed by atoms with van der Waals surface area (Å²) < 4.78 is 7.09. The summed E-state index contributed by atoms with van der Waals surface area (Å²) in [6.45, 7) is 0.745. The summed E-state index contributed by atoms with van der Waals surface area (Å²) in [5.74, 6) is 1.72. The standard InChI is InChI=1S/C12H17N5O/c1-13-8-10(12-14-15-16-17(12)2)9-6-4-5-7-11(9)18-3/h4-7,10,13H,8H2,1-3H3. The maximum absolute atomic E-state index is 5.40. The molecule has 0 spiro atoms. The Morgan fingerprint density at radius 2 is 2.17 bits per heavy atom. The molecule has 0 saturated heterocycles. The molecule has 1 N–H and O–H groups in total. The van der Waals surface area contributed by atoms with Gasteiger partial charge in [0.25, 0.3) is 0 Å². The van der Waals surface area contributed by atoms with Gasteiger partial charge in [-0.1, -0.05) is 18.2 Å². The number of hydrogen-bond donors (Lipinski definition) is 1. The van der Waals surface area contributed by atoms with Crippen LogP contribution in [0.4, 0.5) is 0 Å². The maximum Gasteiger partial charge on any atom is 0.159 e.